The number of nitriles is 1. The van der Waals surface area contributed by atoms with Crippen LogP contribution >= 0.6 is 0 Å². The fourth-order valence-electron chi connectivity index (χ4n) is 9.67. The van der Waals surface area contributed by atoms with Gasteiger partial charge in [-0.2, -0.15) is 5.26 Å². The number of hydrogen-bond donors (Lipinski definition) is 0. The molecule has 0 saturated heterocycles. The molecule has 0 radical (unpaired) electrons. The standard InChI is InChI=1S/C55H35BN6/c1-34-18-16-28-43-39-24-10-11-25-40(39)44-29-17-19-35(2)50(44)56(49(34)43)51-45(58-3)32-38(33-57)52(62-46-30-14-12-26-41(46)42-27-13-15-31-47(42)62)48(51)55-60-53(36-20-6-4-7-21-36)59-54(61-55)37-22-8-5-9-23-37/h4-32H,1-2H3. The molecule has 2 aromatic heterocycles. The SMILES string of the molecule is [C-]#[N+]c1cc(C#N)c(-n2c3ccccc3c3ccccc32)c(-c2nc(-c3ccccc3)nc(-c3ccccc3)n2)c1B1c2c(C)cccc2-c2ccccc2-c2cccc(C)c21. The van der Waals surface area contributed by atoms with Gasteiger partial charge in [0.05, 0.1) is 28.9 Å². The molecule has 0 bridgehead atoms. The molecular formula is C55H35BN6. The number of benzene rings is 8. The second-order valence-corrected chi connectivity index (χ2v) is 15.8. The molecule has 0 atom stereocenters. The van der Waals surface area contributed by atoms with Gasteiger partial charge in [0.25, 0.3) is 0 Å². The Labute approximate surface area is 360 Å². The summed E-state index contributed by atoms with van der Waals surface area (Å²) in [5, 5.41) is 13.5. The van der Waals surface area contributed by atoms with Crippen LogP contribution < -0.4 is 16.4 Å². The maximum atomic E-state index is 11.4. The van der Waals surface area contributed by atoms with Crippen molar-refractivity contribution in [3.05, 3.63) is 204 Å². The zero-order valence-corrected chi connectivity index (χ0v) is 34.0. The normalized spacial score (nSPS) is 11.6. The monoisotopic (exact) mass is 790 g/mol. The van der Waals surface area contributed by atoms with Gasteiger partial charge in [-0.1, -0.05) is 185 Å². The number of fused-ring (bicyclic) bond motifs is 8. The molecule has 8 aromatic carbocycles. The highest BCUT2D eigenvalue weighted by molar-refractivity contribution is 6.99. The van der Waals surface area contributed by atoms with Crippen LogP contribution in [-0.4, -0.2) is 26.2 Å². The van der Waals surface area contributed by atoms with Crippen LogP contribution in [0.3, 0.4) is 0 Å². The van der Waals surface area contributed by atoms with Gasteiger partial charge in [-0.15, -0.1) is 0 Å². The lowest BCUT2D eigenvalue weighted by Crippen LogP contribution is -2.55. The van der Waals surface area contributed by atoms with Crippen LogP contribution in [-0.2, 0) is 0 Å². The number of aryl methyl sites for hydroxylation is 2. The summed E-state index contributed by atoms with van der Waals surface area (Å²) >= 11 is 0. The highest BCUT2D eigenvalue weighted by Gasteiger charge is 2.39. The predicted molar refractivity (Wildman–Crippen MR) is 253 cm³/mol. The van der Waals surface area contributed by atoms with Crippen molar-refractivity contribution in [2.75, 3.05) is 0 Å². The van der Waals surface area contributed by atoms with Crippen molar-refractivity contribution in [3.63, 3.8) is 0 Å². The van der Waals surface area contributed by atoms with Gasteiger partial charge in [0.15, 0.2) is 23.2 Å². The van der Waals surface area contributed by atoms with E-state index in [-0.39, 0.29) is 0 Å². The maximum Gasteiger partial charge on any atom is 0.234 e. The molecule has 10 aromatic rings. The lowest BCUT2D eigenvalue weighted by molar-refractivity contribution is 1.07. The van der Waals surface area contributed by atoms with E-state index in [1.54, 1.807) is 6.07 Å². The van der Waals surface area contributed by atoms with Gasteiger partial charge in [-0.25, -0.2) is 19.8 Å². The number of hydrogen-bond acceptors (Lipinski definition) is 4. The molecule has 0 saturated carbocycles. The molecule has 7 heteroatoms. The van der Waals surface area contributed by atoms with Gasteiger partial charge >= 0.3 is 0 Å². The summed E-state index contributed by atoms with van der Waals surface area (Å²) in [6, 6.07) is 62.4. The van der Waals surface area contributed by atoms with Crippen molar-refractivity contribution in [1.82, 2.24) is 19.5 Å². The minimum absolute atomic E-state index is 0.344. The quantitative estimate of drug-likeness (QED) is 0.129. The summed E-state index contributed by atoms with van der Waals surface area (Å²) in [5.41, 5.74) is 15.0. The molecule has 0 aliphatic carbocycles. The van der Waals surface area contributed by atoms with Crippen molar-refractivity contribution in [3.8, 4) is 68.2 Å². The second-order valence-electron chi connectivity index (χ2n) is 15.8. The van der Waals surface area contributed by atoms with Gasteiger partial charge in [0.1, 0.15) is 6.07 Å². The first kappa shape index (κ1) is 36.7. The molecular weight excluding hydrogens is 755 g/mol. The molecule has 288 valence electrons. The molecule has 11 rings (SSSR count). The Kier molecular flexibility index (Phi) is 8.70. The summed E-state index contributed by atoms with van der Waals surface area (Å²) in [6.45, 7) is 12.9. The fourth-order valence-corrected chi connectivity index (χ4v) is 9.67. The molecule has 0 N–H and O–H groups in total. The van der Waals surface area contributed by atoms with E-state index in [4.69, 9.17) is 21.5 Å². The fraction of sp³-hybridized carbons (Fsp3) is 0.0364. The van der Waals surface area contributed by atoms with E-state index >= 15 is 0 Å². The molecule has 0 amide bonds. The van der Waals surface area contributed by atoms with E-state index in [9.17, 15) is 5.26 Å². The smallest absolute Gasteiger partial charge is 0.234 e. The summed E-state index contributed by atoms with van der Waals surface area (Å²) in [6.07, 6.45) is 0. The summed E-state index contributed by atoms with van der Waals surface area (Å²) in [7, 11) is 0. The van der Waals surface area contributed by atoms with Gasteiger partial charge in [0, 0.05) is 27.5 Å². The molecule has 0 fully saturated rings. The minimum Gasteiger partial charge on any atom is -0.307 e. The maximum absolute atomic E-state index is 11.4. The van der Waals surface area contributed by atoms with Crippen LogP contribution in [0.25, 0.3) is 88.8 Å². The Morgan fingerprint density at radius 2 is 0.968 bits per heavy atom. The van der Waals surface area contributed by atoms with Crippen LogP contribution in [0.15, 0.2) is 176 Å². The number of para-hydroxylation sites is 2. The van der Waals surface area contributed by atoms with Crippen molar-refractivity contribution in [1.29, 1.82) is 5.26 Å². The minimum atomic E-state index is -0.481. The Balaban J connectivity index is 1.39. The third kappa shape index (κ3) is 5.68. The van der Waals surface area contributed by atoms with Gasteiger partial charge in [-0.3, -0.25) is 0 Å². The molecule has 1 aliphatic rings. The Hall–Kier alpha value is -8.39. The molecule has 62 heavy (non-hydrogen) atoms. The van der Waals surface area contributed by atoms with Crippen LogP contribution in [0.2, 0.25) is 0 Å². The van der Waals surface area contributed by atoms with E-state index in [2.05, 4.69) is 114 Å². The highest BCUT2D eigenvalue weighted by atomic mass is 15.1. The second kappa shape index (κ2) is 14.7. The van der Waals surface area contributed by atoms with Gasteiger partial charge in [0.2, 0.25) is 6.71 Å². The van der Waals surface area contributed by atoms with E-state index < -0.39 is 6.71 Å². The summed E-state index contributed by atoms with van der Waals surface area (Å²) in [4.78, 5) is 20.3. The van der Waals surface area contributed by atoms with E-state index in [1.165, 1.54) is 0 Å². The van der Waals surface area contributed by atoms with Crippen molar-refractivity contribution in [2.24, 2.45) is 0 Å². The molecule has 0 unspecified atom stereocenters. The van der Waals surface area contributed by atoms with Crippen LogP contribution in [0, 0.1) is 31.8 Å². The Morgan fingerprint density at radius 3 is 1.47 bits per heavy atom. The number of aromatic nitrogens is 4. The zero-order chi connectivity index (χ0) is 41.9. The lowest BCUT2D eigenvalue weighted by atomic mass is 9.33. The highest BCUT2D eigenvalue weighted by Crippen LogP contribution is 2.41. The first-order chi connectivity index (χ1) is 30.5. The molecule has 3 heterocycles. The van der Waals surface area contributed by atoms with Gasteiger partial charge < -0.3 is 4.57 Å². The third-order valence-electron chi connectivity index (χ3n) is 12.3. The van der Waals surface area contributed by atoms with Crippen molar-refractivity contribution < 1.29 is 0 Å². The number of rotatable bonds is 5. The van der Waals surface area contributed by atoms with E-state index in [0.717, 1.165) is 82.7 Å². The first-order valence-corrected chi connectivity index (χ1v) is 20.7. The molecule has 1 aliphatic heterocycles. The van der Waals surface area contributed by atoms with Crippen LogP contribution in [0.4, 0.5) is 5.69 Å². The first-order valence-electron chi connectivity index (χ1n) is 20.7. The van der Waals surface area contributed by atoms with Crippen molar-refractivity contribution in [2.45, 2.75) is 13.8 Å². The van der Waals surface area contributed by atoms with Crippen LogP contribution in [0.1, 0.15) is 16.7 Å². The summed E-state index contributed by atoms with van der Waals surface area (Å²) in [5.74, 6) is 1.35. The predicted octanol–water partition coefficient (Wildman–Crippen LogP) is 11.2. The third-order valence-corrected chi connectivity index (χ3v) is 12.3. The summed E-state index contributed by atoms with van der Waals surface area (Å²) < 4.78 is 2.19. The zero-order valence-electron chi connectivity index (χ0n) is 34.0. The van der Waals surface area contributed by atoms with Crippen molar-refractivity contribution >= 4 is 50.6 Å². The van der Waals surface area contributed by atoms with E-state index in [1.807, 2.05) is 84.9 Å². The average molecular weight is 791 g/mol. The average Bonchev–Trinajstić information content (AvgIpc) is 3.59. The van der Waals surface area contributed by atoms with Crippen LogP contribution in [0.5, 0.6) is 0 Å². The topological polar surface area (TPSA) is 71.8 Å². The number of nitrogens with zero attached hydrogens (tertiary/aromatic N) is 6. The molecule has 6 nitrogen and oxygen atoms in total. The lowest BCUT2D eigenvalue weighted by Gasteiger charge is -2.27. The Bertz CT molecular complexity index is 3340. The van der Waals surface area contributed by atoms with E-state index in [0.29, 0.717) is 40.0 Å². The Morgan fingerprint density at radius 1 is 0.516 bits per heavy atom. The van der Waals surface area contributed by atoms with Gasteiger partial charge in [-0.05, 0) is 54.3 Å². The molecule has 0 spiro atoms. The largest absolute Gasteiger partial charge is 0.307 e.